The molecule has 0 fully saturated rings. The van der Waals surface area contributed by atoms with E-state index >= 15 is 0 Å². The van der Waals surface area contributed by atoms with Crippen molar-refractivity contribution in [2.24, 2.45) is 19.2 Å². The van der Waals surface area contributed by atoms with Crippen LogP contribution in [0.5, 0.6) is 0 Å². The molecule has 9 heteroatoms. The first-order valence-corrected chi connectivity index (χ1v) is 9.08. The van der Waals surface area contributed by atoms with Crippen molar-refractivity contribution < 1.29 is 0 Å². The summed E-state index contributed by atoms with van der Waals surface area (Å²) < 4.78 is 2.35. The number of hydrogen-bond acceptors (Lipinski definition) is 5. The fourth-order valence-electron chi connectivity index (χ4n) is 2.36. The minimum Gasteiger partial charge on any atom is -0.369 e. The van der Waals surface area contributed by atoms with E-state index in [2.05, 4.69) is 15.4 Å². The van der Waals surface area contributed by atoms with Crippen LogP contribution in [0.15, 0.2) is 45.0 Å². The Morgan fingerprint density at radius 3 is 2.27 bits per heavy atom. The van der Waals surface area contributed by atoms with Gasteiger partial charge in [0, 0.05) is 50.7 Å². The van der Waals surface area contributed by atoms with Gasteiger partial charge in [0.15, 0.2) is 0 Å². The number of alkyl halides is 2. The van der Waals surface area contributed by atoms with E-state index in [0.29, 0.717) is 17.6 Å². The summed E-state index contributed by atoms with van der Waals surface area (Å²) in [5, 5.41) is 4.09. The predicted octanol–water partition coefficient (Wildman–Crippen LogP) is 1.81. The van der Waals surface area contributed by atoms with Gasteiger partial charge in [-0.1, -0.05) is 12.1 Å². The molecule has 0 unspecified atom stereocenters. The van der Waals surface area contributed by atoms with Gasteiger partial charge in [-0.05, 0) is 17.7 Å². The molecule has 0 amide bonds. The lowest BCUT2D eigenvalue weighted by Gasteiger charge is -2.22. The molecule has 1 heterocycles. The van der Waals surface area contributed by atoms with Crippen molar-refractivity contribution in [2.75, 3.05) is 35.2 Å². The molecule has 1 N–H and O–H groups in total. The minimum absolute atomic E-state index is 0.321. The molecule has 2 aromatic rings. The smallest absolute Gasteiger partial charge is 0.332 e. The maximum Gasteiger partial charge on any atom is 0.332 e. The van der Waals surface area contributed by atoms with Crippen LogP contribution < -0.4 is 21.6 Å². The number of nitrogens with one attached hydrogen (secondary N) is 1. The maximum atomic E-state index is 11.9. The molecule has 140 valence electrons. The Kier molecular flexibility index (Phi) is 7.29. The molecular formula is C17H21Cl2N5O2. The van der Waals surface area contributed by atoms with Crippen LogP contribution in [-0.4, -0.2) is 40.2 Å². The van der Waals surface area contributed by atoms with Crippen LogP contribution in [0.2, 0.25) is 0 Å². The molecule has 0 atom stereocenters. The Hall–Kier alpha value is -2.25. The van der Waals surface area contributed by atoms with Gasteiger partial charge in [0.05, 0.1) is 6.21 Å². The van der Waals surface area contributed by atoms with E-state index in [1.165, 1.54) is 17.7 Å². The Labute approximate surface area is 161 Å². The molecule has 0 aliphatic carbocycles. The molecule has 0 spiro atoms. The molecule has 1 aromatic heterocycles. The number of hydrogen-bond donors (Lipinski definition) is 1. The second-order valence-corrected chi connectivity index (χ2v) is 6.35. The summed E-state index contributed by atoms with van der Waals surface area (Å²) >= 11 is 11.6. The quantitative estimate of drug-likeness (QED) is 0.418. The first-order chi connectivity index (χ1) is 12.5. The normalized spacial score (nSPS) is 11.1. The first kappa shape index (κ1) is 20.1. The van der Waals surface area contributed by atoms with Crippen molar-refractivity contribution in [3.8, 4) is 0 Å². The van der Waals surface area contributed by atoms with Crippen LogP contribution in [0.25, 0.3) is 0 Å². The van der Waals surface area contributed by atoms with Crippen LogP contribution in [0.3, 0.4) is 0 Å². The molecule has 0 saturated heterocycles. The fraction of sp³-hybridized carbons (Fsp3) is 0.353. The molecule has 1 aromatic carbocycles. The van der Waals surface area contributed by atoms with Gasteiger partial charge in [-0.2, -0.15) is 5.10 Å². The molecule has 0 aliphatic heterocycles. The lowest BCUT2D eigenvalue weighted by Crippen LogP contribution is -2.37. The van der Waals surface area contributed by atoms with Crippen LogP contribution in [0.4, 0.5) is 11.5 Å². The van der Waals surface area contributed by atoms with Crippen molar-refractivity contribution in [2.45, 2.75) is 0 Å². The highest BCUT2D eigenvalue weighted by Gasteiger charge is 2.06. The van der Waals surface area contributed by atoms with Crippen LogP contribution >= 0.6 is 23.2 Å². The van der Waals surface area contributed by atoms with E-state index in [-0.39, 0.29) is 0 Å². The molecule has 0 saturated carbocycles. The second-order valence-electron chi connectivity index (χ2n) is 5.59. The van der Waals surface area contributed by atoms with Gasteiger partial charge in [-0.15, -0.1) is 23.2 Å². The van der Waals surface area contributed by atoms with Gasteiger partial charge in [0.2, 0.25) is 0 Å². The van der Waals surface area contributed by atoms with E-state index < -0.39 is 11.2 Å². The molecular weight excluding hydrogens is 377 g/mol. The highest BCUT2D eigenvalue weighted by molar-refractivity contribution is 6.18. The van der Waals surface area contributed by atoms with Gasteiger partial charge in [0.1, 0.15) is 5.82 Å². The number of benzene rings is 1. The number of hydrazone groups is 1. The second kappa shape index (κ2) is 9.45. The van der Waals surface area contributed by atoms with Gasteiger partial charge in [-0.3, -0.25) is 19.4 Å². The van der Waals surface area contributed by atoms with Gasteiger partial charge < -0.3 is 4.90 Å². The van der Waals surface area contributed by atoms with E-state index in [0.717, 1.165) is 28.9 Å². The van der Waals surface area contributed by atoms with E-state index in [1.807, 2.05) is 24.3 Å². The van der Waals surface area contributed by atoms with Crippen molar-refractivity contribution in [3.05, 3.63) is 56.7 Å². The zero-order valence-electron chi connectivity index (χ0n) is 14.7. The number of anilines is 2. The maximum absolute atomic E-state index is 11.9. The van der Waals surface area contributed by atoms with E-state index in [1.54, 1.807) is 13.3 Å². The summed E-state index contributed by atoms with van der Waals surface area (Å²) in [6, 6.07) is 9.08. The largest absolute Gasteiger partial charge is 0.369 e. The van der Waals surface area contributed by atoms with Crippen LogP contribution in [0, 0.1) is 0 Å². The minimum atomic E-state index is -0.418. The standard InChI is InChI=1S/C17H21Cl2N5O2/c1-22-15(11-16(25)23(2)17(22)26)21-20-12-13-3-5-14(6-4-13)24(9-7-18)10-8-19/h3-6,11-12,21H,7-10H2,1-2H3/b20-12+. The zero-order valence-corrected chi connectivity index (χ0v) is 16.2. The van der Waals surface area contributed by atoms with E-state index in [9.17, 15) is 9.59 Å². The third-order valence-electron chi connectivity index (χ3n) is 3.89. The summed E-state index contributed by atoms with van der Waals surface area (Å²) in [5.74, 6) is 1.37. The number of nitrogens with zero attached hydrogens (tertiary/aromatic N) is 4. The third kappa shape index (κ3) is 4.89. The van der Waals surface area contributed by atoms with Crippen molar-refractivity contribution in [1.82, 2.24) is 9.13 Å². The molecule has 2 rings (SSSR count). The molecule has 26 heavy (non-hydrogen) atoms. The summed E-state index contributed by atoms with van der Waals surface area (Å²) in [5.41, 5.74) is 3.81. The van der Waals surface area contributed by atoms with Crippen molar-refractivity contribution >= 4 is 40.9 Å². The Morgan fingerprint density at radius 1 is 1.08 bits per heavy atom. The molecule has 7 nitrogen and oxygen atoms in total. The van der Waals surface area contributed by atoms with Crippen molar-refractivity contribution in [1.29, 1.82) is 0 Å². The zero-order chi connectivity index (χ0) is 19.1. The lowest BCUT2D eigenvalue weighted by molar-refractivity contribution is 0.690. The van der Waals surface area contributed by atoms with Crippen LogP contribution in [0.1, 0.15) is 5.56 Å². The Morgan fingerprint density at radius 2 is 1.69 bits per heavy atom. The molecule has 0 aliphatic rings. The Bertz CT molecular complexity index is 868. The first-order valence-electron chi connectivity index (χ1n) is 8.01. The average Bonchev–Trinajstić information content (AvgIpc) is 2.64. The fourth-order valence-corrected chi connectivity index (χ4v) is 2.77. The summed E-state index contributed by atoms with van der Waals surface area (Å²) in [7, 11) is 2.99. The highest BCUT2D eigenvalue weighted by atomic mass is 35.5. The Balaban J connectivity index is 2.10. The molecule has 0 radical (unpaired) electrons. The highest BCUT2D eigenvalue weighted by Crippen LogP contribution is 2.15. The van der Waals surface area contributed by atoms with Crippen molar-refractivity contribution in [3.63, 3.8) is 0 Å². The van der Waals surface area contributed by atoms with Gasteiger partial charge >= 0.3 is 5.69 Å². The lowest BCUT2D eigenvalue weighted by atomic mass is 10.2. The number of aromatic nitrogens is 2. The topological polar surface area (TPSA) is 71.6 Å². The van der Waals surface area contributed by atoms with Crippen LogP contribution in [-0.2, 0) is 14.1 Å². The monoisotopic (exact) mass is 397 g/mol. The average molecular weight is 398 g/mol. The summed E-state index contributed by atoms with van der Waals surface area (Å²) in [6.45, 7) is 1.44. The third-order valence-corrected chi connectivity index (χ3v) is 4.22. The SMILES string of the molecule is Cn1c(N/N=C/c2ccc(N(CCCl)CCCl)cc2)cc(=O)n(C)c1=O. The van der Waals surface area contributed by atoms with Gasteiger partial charge in [0.25, 0.3) is 5.56 Å². The summed E-state index contributed by atoms with van der Waals surface area (Å²) in [4.78, 5) is 25.7. The number of halogens is 2. The van der Waals surface area contributed by atoms with E-state index in [4.69, 9.17) is 23.2 Å². The predicted molar refractivity (Wildman–Crippen MR) is 108 cm³/mol. The number of rotatable bonds is 8. The van der Waals surface area contributed by atoms with Gasteiger partial charge in [-0.25, -0.2) is 4.79 Å². The summed E-state index contributed by atoms with van der Waals surface area (Å²) in [6.07, 6.45) is 1.61. The molecule has 0 bridgehead atoms.